The lowest BCUT2D eigenvalue weighted by Gasteiger charge is -2.05. The third-order valence-electron chi connectivity index (χ3n) is 2.84. The molecule has 86 valence electrons. The summed E-state index contributed by atoms with van der Waals surface area (Å²) < 4.78 is 1.89. The van der Waals surface area contributed by atoms with Gasteiger partial charge in [-0.05, 0) is 12.1 Å². The Hall–Kier alpha value is -1.98. The molecule has 0 bridgehead atoms. The van der Waals surface area contributed by atoms with E-state index in [2.05, 4.69) is 9.97 Å². The molecule has 5 nitrogen and oxygen atoms in total. The second kappa shape index (κ2) is 3.80. The first-order valence-electron chi connectivity index (χ1n) is 5.30. The Kier molecular flexibility index (Phi) is 2.28. The van der Waals surface area contributed by atoms with Crippen molar-refractivity contribution in [2.75, 3.05) is 0 Å². The summed E-state index contributed by atoms with van der Waals surface area (Å²) in [5, 5.41) is 18.6. The van der Waals surface area contributed by atoms with Crippen molar-refractivity contribution in [3.8, 4) is 0 Å². The normalized spacial score (nSPS) is 11.4. The van der Waals surface area contributed by atoms with Gasteiger partial charge in [-0.1, -0.05) is 6.07 Å². The number of aromatic nitrogens is 3. The number of hydrogen-bond donors (Lipinski definition) is 2. The molecule has 0 aromatic carbocycles. The van der Waals surface area contributed by atoms with Crippen LogP contribution in [0.5, 0.6) is 0 Å². The fourth-order valence-electron chi connectivity index (χ4n) is 2.06. The maximum Gasteiger partial charge on any atom is 0.137 e. The summed E-state index contributed by atoms with van der Waals surface area (Å²) >= 11 is 0. The van der Waals surface area contributed by atoms with Crippen molar-refractivity contribution in [3.05, 3.63) is 41.9 Å². The van der Waals surface area contributed by atoms with Crippen LogP contribution in [0.1, 0.15) is 11.3 Å². The monoisotopic (exact) mass is 229 g/mol. The lowest BCUT2D eigenvalue weighted by Crippen LogP contribution is -2.00. The highest BCUT2D eigenvalue weighted by atomic mass is 16.3. The van der Waals surface area contributed by atoms with E-state index < -0.39 is 0 Å². The maximum atomic E-state index is 9.43. The van der Waals surface area contributed by atoms with Gasteiger partial charge in [-0.15, -0.1) is 0 Å². The molecule has 3 aromatic rings. The average molecular weight is 229 g/mol. The largest absolute Gasteiger partial charge is 0.392 e. The predicted molar refractivity (Wildman–Crippen MR) is 62.3 cm³/mol. The van der Waals surface area contributed by atoms with Crippen LogP contribution in [-0.2, 0) is 13.2 Å². The second-order valence-corrected chi connectivity index (χ2v) is 3.77. The minimum absolute atomic E-state index is 0.164. The fourth-order valence-corrected chi connectivity index (χ4v) is 2.06. The molecule has 0 atom stereocenters. The average Bonchev–Trinajstić information content (AvgIpc) is 2.76. The number of rotatable bonds is 2. The smallest absolute Gasteiger partial charge is 0.137 e. The van der Waals surface area contributed by atoms with Crippen LogP contribution >= 0.6 is 0 Å². The molecule has 3 heterocycles. The fraction of sp³-hybridized carbons (Fsp3) is 0.167. The number of fused-ring (bicyclic) bond motifs is 3. The van der Waals surface area contributed by atoms with Crippen molar-refractivity contribution >= 4 is 16.7 Å². The first-order chi connectivity index (χ1) is 8.35. The van der Waals surface area contributed by atoms with Gasteiger partial charge in [0.15, 0.2) is 0 Å². The molecule has 3 rings (SSSR count). The molecule has 17 heavy (non-hydrogen) atoms. The Morgan fingerprint density at radius 1 is 1.18 bits per heavy atom. The number of nitrogens with zero attached hydrogens (tertiary/aromatic N) is 3. The molecule has 0 aliphatic carbocycles. The van der Waals surface area contributed by atoms with E-state index >= 15 is 0 Å². The summed E-state index contributed by atoms with van der Waals surface area (Å²) in [6.07, 6.45) is 3.50. The molecule has 0 fully saturated rings. The molecule has 2 N–H and O–H groups in total. The predicted octanol–water partition coefficient (Wildman–Crippen LogP) is 0.867. The summed E-state index contributed by atoms with van der Waals surface area (Å²) in [6, 6.07) is 5.69. The van der Waals surface area contributed by atoms with Crippen LogP contribution in [-0.4, -0.2) is 24.6 Å². The Morgan fingerprint density at radius 2 is 2.06 bits per heavy atom. The minimum atomic E-state index is -0.189. The first kappa shape index (κ1) is 10.2. The summed E-state index contributed by atoms with van der Waals surface area (Å²) in [4.78, 5) is 8.51. The Morgan fingerprint density at radius 3 is 2.82 bits per heavy atom. The molecule has 0 unspecified atom stereocenters. The summed E-state index contributed by atoms with van der Waals surface area (Å²) in [7, 11) is 0. The molecule has 0 radical (unpaired) electrons. The van der Waals surface area contributed by atoms with Gasteiger partial charge < -0.3 is 10.2 Å². The van der Waals surface area contributed by atoms with Crippen molar-refractivity contribution in [3.63, 3.8) is 0 Å². The van der Waals surface area contributed by atoms with E-state index in [9.17, 15) is 10.2 Å². The highest BCUT2D eigenvalue weighted by Gasteiger charge is 2.12. The minimum Gasteiger partial charge on any atom is -0.392 e. The number of imidazole rings is 1. The molecule has 3 aromatic heterocycles. The first-order valence-corrected chi connectivity index (χ1v) is 5.30. The van der Waals surface area contributed by atoms with Crippen molar-refractivity contribution in [2.24, 2.45) is 0 Å². The van der Waals surface area contributed by atoms with E-state index in [1.54, 1.807) is 6.20 Å². The third-order valence-corrected chi connectivity index (χ3v) is 2.84. The zero-order chi connectivity index (χ0) is 11.8. The van der Waals surface area contributed by atoms with Gasteiger partial charge in [0.25, 0.3) is 0 Å². The topological polar surface area (TPSA) is 70.7 Å². The number of pyridine rings is 2. The van der Waals surface area contributed by atoms with Crippen LogP contribution in [0, 0.1) is 0 Å². The highest BCUT2D eigenvalue weighted by molar-refractivity contribution is 5.83. The van der Waals surface area contributed by atoms with E-state index in [0.29, 0.717) is 11.3 Å². The van der Waals surface area contributed by atoms with E-state index in [1.807, 2.05) is 28.8 Å². The highest BCUT2D eigenvalue weighted by Crippen LogP contribution is 2.22. The molecular weight excluding hydrogens is 218 g/mol. The van der Waals surface area contributed by atoms with Crippen molar-refractivity contribution in [1.82, 2.24) is 14.4 Å². The van der Waals surface area contributed by atoms with Crippen LogP contribution in [0.25, 0.3) is 16.7 Å². The van der Waals surface area contributed by atoms with Crippen LogP contribution in [0.2, 0.25) is 0 Å². The summed E-state index contributed by atoms with van der Waals surface area (Å²) in [6.45, 7) is -0.352. The SMILES string of the molecule is OCc1ncc2nc3ccccn3c2c1CO. The lowest BCUT2D eigenvalue weighted by molar-refractivity contribution is 0.257. The van der Waals surface area contributed by atoms with E-state index in [0.717, 1.165) is 16.7 Å². The standard InChI is InChI=1S/C12H11N3O2/c16-6-8-10(7-17)13-5-9-12(8)15-4-2-1-3-11(15)14-9/h1-5,16-17H,6-7H2. The summed E-state index contributed by atoms with van der Waals surface area (Å²) in [5.41, 5.74) is 3.45. The van der Waals surface area contributed by atoms with Gasteiger partial charge >= 0.3 is 0 Å². The van der Waals surface area contributed by atoms with Crippen molar-refractivity contribution < 1.29 is 10.2 Å². The van der Waals surface area contributed by atoms with Crippen LogP contribution in [0.4, 0.5) is 0 Å². The van der Waals surface area contributed by atoms with Crippen molar-refractivity contribution in [1.29, 1.82) is 0 Å². The third kappa shape index (κ3) is 1.40. The summed E-state index contributed by atoms with van der Waals surface area (Å²) in [5.74, 6) is 0. The Balaban J connectivity index is 2.51. The van der Waals surface area contributed by atoms with Gasteiger partial charge in [0.1, 0.15) is 11.2 Å². The van der Waals surface area contributed by atoms with E-state index in [4.69, 9.17) is 0 Å². The van der Waals surface area contributed by atoms with Gasteiger partial charge in [-0.2, -0.15) is 0 Å². The molecule has 0 amide bonds. The number of aliphatic hydroxyl groups is 2. The van der Waals surface area contributed by atoms with E-state index in [-0.39, 0.29) is 13.2 Å². The number of hydrogen-bond acceptors (Lipinski definition) is 4. The molecule has 5 heteroatoms. The zero-order valence-corrected chi connectivity index (χ0v) is 9.04. The molecular formula is C12H11N3O2. The van der Waals surface area contributed by atoms with Gasteiger partial charge in [-0.25, -0.2) is 4.98 Å². The molecule has 0 saturated heterocycles. The van der Waals surface area contributed by atoms with Gasteiger partial charge in [-0.3, -0.25) is 9.38 Å². The van der Waals surface area contributed by atoms with Crippen molar-refractivity contribution in [2.45, 2.75) is 13.2 Å². The lowest BCUT2D eigenvalue weighted by atomic mass is 10.2. The second-order valence-electron chi connectivity index (χ2n) is 3.77. The van der Waals surface area contributed by atoms with Crippen LogP contribution in [0.3, 0.4) is 0 Å². The number of aliphatic hydroxyl groups excluding tert-OH is 2. The Labute approximate surface area is 97.0 Å². The zero-order valence-electron chi connectivity index (χ0n) is 9.04. The molecule has 0 aliphatic heterocycles. The molecule has 0 spiro atoms. The molecule has 0 aliphatic rings. The van der Waals surface area contributed by atoms with Gasteiger partial charge in [0, 0.05) is 11.8 Å². The Bertz CT molecular complexity index is 691. The maximum absolute atomic E-state index is 9.43. The molecule has 0 saturated carbocycles. The quantitative estimate of drug-likeness (QED) is 0.684. The van der Waals surface area contributed by atoms with Gasteiger partial charge in [0.2, 0.25) is 0 Å². The van der Waals surface area contributed by atoms with Crippen LogP contribution in [0.15, 0.2) is 30.6 Å². The van der Waals surface area contributed by atoms with Gasteiger partial charge in [0.05, 0.1) is 30.6 Å². The van der Waals surface area contributed by atoms with Crippen LogP contribution < -0.4 is 0 Å². The van der Waals surface area contributed by atoms with E-state index in [1.165, 1.54) is 0 Å².